The van der Waals surface area contributed by atoms with Crippen LogP contribution in [0.5, 0.6) is 0 Å². The summed E-state index contributed by atoms with van der Waals surface area (Å²) in [5, 5.41) is 4.84. The van der Waals surface area contributed by atoms with Gasteiger partial charge >= 0.3 is 0 Å². The fourth-order valence-corrected chi connectivity index (χ4v) is 3.00. The van der Waals surface area contributed by atoms with Gasteiger partial charge in [0.25, 0.3) is 0 Å². The number of rotatable bonds is 1. The summed E-state index contributed by atoms with van der Waals surface area (Å²) in [6.45, 7) is 4.28. The maximum absolute atomic E-state index is 2.29. The second kappa shape index (κ2) is 4.01. The maximum atomic E-state index is 2.29. The third-order valence-electron chi connectivity index (χ3n) is 3.01. The Morgan fingerprint density at radius 1 is 0.765 bits per heavy atom. The van der Waals surface area contributed by atoms with Crippen molar-refractivity contribution in [2.45, 2.75) is 13.8 Å². The highest BCUT2D eigenvalue weighted by molar-refractivity contribution is 7.13. The van der Waals surface area contributed by atoms with Gasteiger partial charge in [-0.1, -0.05) is 35.9 Å². The number of hydrogen-bond donors (Lipinski definition) is 0. The van der Waals surface area contributed by atoms with Crippen molar-refractivity contribution < 1.29 is 0 Å². The van der Waals surface area contributed by atoms with Crippen LogP contribution in [0.15, 0.2) is 47.8 Å². The Morgan fingerprint density at radius 2 is 1.59 bits per heavy atom. The van der Waals surface area contributed by atoms with Crippen LogP contribution in [0, 0.1) is 13.8 Å². The zero-order valence-corrected chi connectivity index (χ0v) is 10.8. The van der Waals surface area contributed by atoms with Crippen molar-refractivity contribution in [3.8, 4) is 10.4 Å². The second-order valence-corrected chi connectivity index (χ2v) is 5.46. The minimum atomic E-state index is 1.31. The van der Waals surface area contributed by atoms with Crippen LogP contribution < -0.4 is 0 Å². The van der Waals surface area contributed by atoms with E-state index in [-0.39, 0.29) is 0 Å². The lowest BCUT2D eigenvalue weighted by Crippen LogP contribution is -1.77. The fourth-order valence-electron chi connectivity index (χ4n) is 2.10. The molecule has 2 aromatic carbocycles. The summed E-state index contributed by atoms with van der Waals surface area (Å²) in [5.41, 5.74) is 3.98. The number of hydrogen-bond acceptors (Lipinski definition) is 1. The lowest BCUT2D eigenvalue weighted by molar-refractivity contribution is 1.50. The lowest BCUT2D eigenvalue weighted by atomic mass is 10.0. The van der Waals surface area contributed by atoms with E-state index in [1.54, 1.807) is 0 Å². The van der Waals surface area contributed by atoms with Gasteiger partial charge in [0.2, 0.25) is 0 Å². The maximum Gasteiger partial charge on any atom is 0.0345 e. The van der Waals surface area contributed by atoms with E-state index in [0.29, 0.717) is 0 Å². The molecule has 0 aliphatic carbocycles. The Balaban J connectivity index is 2.18. The normalized spacial score (nSPS) is 10.9. The highest BCUT2D eigenvalue weighted by Gasteiger charge is 2.02. The minimum Gasteiger partial charge on any atom is -0.144 e. The standard InChI is InChI=1S/C16H14S/c1-11-3-4-13-5-6-14(9-15(13)7-11)16-8-12(2)10-17-16/h3-10H,1-2H3. The van der Waals surface area contributed by atoms with E-state index in [1.807, 2.05) is 11.3 Å². The Hall–Kier alpha value is -1.60. The molecule has 1 heterocycles. The van der Waals surface area contributed by atoms with Gasteiger partial charge in [0, 0.05) is 4.88 Å². The predicted molar refractivity (Wildman–Crippen MR) is 76.7 cm³/mol. The Kier molecular flexibility index (Phi) is 2.49. The molecule has 0 bridgehead atoms. The van der Waals surface area contributed by atoms with Gasteiger partial charge in [-0.05, 0) is 53.3 Å². The molecule has 0 spiro atoms. The highest BCUT2D eigenvalue weighted by atomic mass is 32.1. The van der Waals surface area contributed by atoms with E-state index in [1.165, 1.54) is 32.3 Å². The first-order valence-corrected chi connectivity index (χ1v) is 6.66. The molecule has 3 aromatic rings. The summed E-state index contributed by atoms with van der Waals surface area (Å²) >= 11 is 1.82. The summed E-state index contributed by atoms with van der Waals surface area (Å²) in [5.74, 6) is 0. The van der Waals surface area contributed by atoms with Crippen molar-refractivity contribution in [2.24, 2.45) is 0 Å². The molecular weight excluding hydrogens is 224 g/mol. The van der Waals surface area contributed by atoms with Crippen molar-refractivity contribution in [2.75, 3.05) is 0 Å². The summed E-state index contributed by atoms with van der Waals surface area (Å²) in [4.78, 5) is 1.35. The van der Waals surface area contributed by atoms with E-state index in [2.05, 4.69) is 61.7 Å². The monoisotopic (exact) mass is 238 g/mol. The number of fused-ring (bicyclic) bond motifs is 1. The quantitative estimate of drug-likeness (QED) is 0.547. The molecule has 0 N–H and O–H groups in total. The molecular formula is C16H14S. The summed E-state index contributed by atoms with van der Waals surface area (Å²) in [7, 11) is 0. The molecule has 1 aromatic heterocycles. The number of aryl methyl sites for hydroxylation is 2. The predicted octanol–water partition coefficient (Wildman–Crippen LogP) is 5.19. The smallest absolute Gasteiger partial charge is 0.0345 e. The van der Waals surface area contributed by atoms with Gasteiger partial charge < -0.3 is 0 Å². The zero-order chi connectivity index (χ0) is 11.8. The van der Waals surface area contributed by atoms with Crippen LogP contribution in [-0.4, -0.2) is 0 Å². The van der Waals surface area contributed by atoms with Crippen LogP contribution in [0.2, 0.25) is 0 Å². The summed E-state index contributed by atoms with van der Waals surface area (Å²) in [6, 6.07) is 15.6. The van der Waals surface area contributed by atoms with Crippen LogP contribution >= 0.6 is 11.3 Å². The van der Waals surface area contributed by atoms with Gasteiger partial charge in [0.1, 0.15) is 0 Å². The Labute approximate surface area is 106 Å². The van der Waals surface area contributed by atoms with Crippen LogP contribution in [0.3, 0.4) is 0 Å². The van der Waals surface area contributed by atoms with Gasteiger partial charge in [-0.15, -0.1) is 11.3 Å². The molecule has 0 nitrogen and oxygen atoms in total. The molecule has 0 atom stereocenters. The molecule has 0 saturated heterocycles. The first kappa shape index (κ1) is 10.5. The van der Waals surface area contributed by atoms with E-state index in [4.69, 9.17) is 0 Å². The van der Waals surface area contributed by atoms with E-state index in [9.17, 15) is 0 Å². The third-order valence-corrected chi connectivity index (χ3v) is 4.11. The molecule has 0 aliphatic rings. The van der Waals surface area contributed by atoms with Gasteiger partial charge in [-0.2, -0.15) is 0 Å². The minimum absolute atomic E-state index is 1.31. The van der Waals surface area contributed by atoms with Gasteiger partial charge in [-0.25, -0.2) is 0 Å². The van der Waals surface area contributed by atoms with Crippen LogP contribution in [0.25, 0.3) is 21.2 Å². The van der Waals surface area contributed by atoms with Crippen LogP contribution in [-0.2, 0) is 0 Å². The number of benzene rings is 2. The average Bonchev–Trinajstić information content (AvgIpc) is 2.75. The van der Waals surface area contributed by atoms with Gasteiger partial charge in [0.05, 0.1) is 0 Å². The van der Waals surface area contributed by atoms with Crippen molar-refractivity contribution in [3.05, 3.63) is 59.0 Å². The molecule has 0 saturated carbocycles. The van der Waals surface area contributed by atoms with E-state index in [0.717, 1.165) is 0 Å². The van der Waals surface area contributed by atoms with Crippen molar-refractivity contribution >= 4 is 22.1 Å². The number of thiophene rings is 1. The first-order valence-electron chi connectivity index (χ1n) is 5.78. The molecule has 0 aliphatic heterocycles. The molecule has 0 radical (unpaired) electrons. The van der Waals surface area contributed by atoms with Crippen molar-refractivity contribution in [3.63, 3.8) is 0 Å². The fraction of sp³-hybridized carbons (Fsp3) is 0.125. The third kappa shape index (κ3) is 1.98. The van der Waals surface area contributed by atoms with E-state index >= 15 is 0 Å². The highest BCUT2D eigenvalue weighted by Crippen LogP contribution is 2.29. The largest absolute Gasteiger partial charge is 0.144 e. The molecule has 0 fully saturated rings. The lowest BCUT2D eigenvalue weighted by Gasteiger charge is -2.02. The molecule has 3 rings (SSSR count). The van der Waals surface area contributed by atoms with Crippen molar-refractivity contribution in [1.82, 2.24) is 0 Å². The Morgan fingerprint density at radius 3 is 2.35 bits per heavy atom. The SMILES string of the molecule is Cc1csc(-c2ccc3ccc(C)cc3c2)c1. The van der Waals surface area contributed by atoms with Gasteiger partial charge in [0.15, 0.2) is 0 Å². The van der Waals surface area contributed by atoms with Crippen LogP contribution in [0.1, 0.15) is 11.1 Å². The summed E-state index contributed by atoms with van der Waals surface area (Å²) < 4.78 is 0. The molecule has 0 unspecified atom stereocenters. The topological polar surface area (TPSA) is 0 Å². The van der Waals surface area contributed by atoms with Crippen LogP contribution in [0.4, 0.5) is 0 Å². The molecule has 84 valence electrons. The first-order chi connectivity index (χ1) is 8.22. The molecule has 1 heteroatoms. The Bertz CT molecular complexity index is 677. The second-order valence-electron chi connectivity index (χ2n) is 4.55. The summed E-state index contributed by atoms with van der Waals surface area (Å²) in [6.07, 6.45) is 0. The van der Waals surface area contributed by atoms with Gasteiger partial charge in [-0.3, -0.25) is 0 Å². The molecule has 17 heavy (non-hydrogen) atoms. The van der Waals surface area contributed by atoms with Crippen molar-refractivity contribution in [1.29, 1.82) is 0 Å². The van der Waals surface area contributed by atoms with E-state index < -0.39 is 0 Å². The molecule has 0 amide bonds. The average molecular weight is 238 g/mol. The zero-order valence-electron chi connectivity index (χ0n) is 10.0.